The van der Waals surface area contributed by atoms with Gasteiger partial charge >= 0.3 is 0 Å². The van der Waals surface area contributed by atoms with E-state index in [0.717, 1.165) is 60.7 Å². The fourth-order valence-corrected chi connectivity index (χ4v) is 9.21. The quantitative estimate of drug-likeness (QED) is 0.473. The maximum Gasteiger partial charge on any atom is 0.132 e. The number of hydrogen-bond donors (Lipinski definition) is 0. The van der Waals surface area contributed by atoms with Gasteiger partial charge in [-0.2, -0.15) is 0 Å². The van der Waals surface area contributed by atoms with Gasteiger partial charge in [-0.3, -0.25) is 4.79 Å². The minimum Gasteiger partial charge on any atom is -0.300 e. The zero-order valence-electron chi connectivity index (χ0n) is 19.4. The number of rotatable bonds is 5. The van der Waals surface area contributed by atoms with Gasteiger partial charge in [0.25, 0.3) is 0 Å². The molecular weight excluding hydrogens is 340 g/mol. The predicted molar refractivity (Wildman–Crippen MR) is 118 cm³/mol. The summed E-state index contributed by atoms with van der Waals surface area (Å²) < 4.78 is 0. The van der Waals surface area contributed by atoms with E-state index in [1.54, 1.807) is 0 Å². The van der Waals surface area contributed by atoms with Crippen LogP contribution in [0.4, 0.5) is 0 Å². The Hall–Kier alpha value is -0.330. The number of Topliss-reactive ketones (excluding diaryl/α,β-unsaturated/α-hetero) is 1. The highest BCUT2D eigenvalue weighted by Gasteiger charge is 2.60. The van der Waals surface area contributed by atoms with Gasteiger partial charge in [-0.25, -0.2) is 0 Å². The molecule has 0 aromatic rings. The Balaban J connectivity index is 1.48. The number of hydrogen-bond acceptors (Lipinski definition) is 1. The number of fused-ring (bicyclic) bond motifs is 5. The molecule has 0 aromatic carbocycles. The fourth-order valence-electron chi connectivity index (χ4n) is 9.21. The summed E-state index contributed by atoms with van der Waals surface area (Å²) in [7, 11) is 0. The molecule has 28 heavy (non-hydrogen) atoms. The third-order valence-electron chi connectivity index (χ3n) is 11.0. The first-order chi connectivity index (χ1) is 13.3. The van der Waals surface area contributed by atoms with Gasteiger partial charge in [0.2, 0.25) is 0 Å². The topological polar surface area (TPSA) is 17.1 Å². The van der Waals surface area contributed by atoms with E-state index < -0.39 is 0 Å². The van der Waals surface area contributed by atoms with E-state index >= 15 is 0 Å². The molecule has 4 fully saturated rings. The normalized spacial score (nSPS) is 49.0. The summed E-state index contributed by atoms with van der Waals surface area (Å²) in [6, 6.07) is 0. The smallest absolute Gasteiger partial charge is 0.132 e. The van der Waals surface area contributed by atoms with Gasteiger partial charge in [0.05, 0.1) is 0 Å². The lowest BCUT2D eigenvalue weighted by Crippen LogP contribution is -2.53. The van der Waals surface area contributed by atoms with Crippen molar-refractivity contribution in [3.63, 3.8) is 0 Å². The van der Waals surface area contributed by atoms with Crippen molar-refractivity contribution in [3.8, 4) is 0 Å². The van der Waals surface area contributed by atoms with Gasteiger partial charge in [0.1, 0.15) is 5.78 Å². The first-order valence-corrected chi connectivity index (χ1v) is 12.8. The SMILES string of the molecule is CCC(=O)CCC(C)C1CCC2C3CCC4C[C@@H](C)CC[C@]4(C)C3CC[C@]12C. The Morgan fingerprint density at radius 2 is 1.68 bits per heavy atom. The molecular formula is C27H46O. The molecule has 0 amide bonds. The Kier molecular flexibility index (Phi) is 5.78. The zero-order chi connectivity index (χ0) is 20.1. The van der Waals surface area contributed by atoms with E-state index in [4.69, 9.17) is 0 Å². The highest BCUT2D eigenvalue weighted by molar-refractivity contribution is 5.77. The van der Waals surface area contributed by atoms with Crippen LogP contribution in [0.2, 0.25) is 0 Å². The maximum atomic E-state index is 11.9. The van der Waals surface area contributed by atoms with E-state index in [-0.39, 0.29) is 0 Å². The molecule has 0 spiro atoms. The van der Waals surface area contributed by atoms with E-state index in [1.165, 1.54) is 57.8 Å². The first-order valence-electron chi connectivity index (χ1n) is 12.8. The van der Waals surface area contributed by atoms with Crippen LogP contribution >= 0.6 is 0 Å². The van der Waals surface area contributed by atoms with Gasteiger partial charge in [-0.15, -0.1) is 0 Å². The van der Waals surface area contributed by atoms with Gasteiger partial charge in [-0.05, 0) is 110 Å². The van der Waals surface area contributed by atoms with Crippen molar-refractivity contribution in [1.82, 2.24) is 0 Å². The molecule has 4 aliphatic rings. The van der Waals surface area contributed by atoms with Crippen LogP contribution in [0.3, 0.4) is 0 Å². The molecule has 4 saturated carbocycles. The van der Waals surface area contributed by atoms with Gasteiger partial charge < -0.3 is 0 Å². The van der Waals surface area contributed by atoms with Gasteiger partial charge in [0.15, 0.2) is 0 Å². The first kappa shape index (κ1) is 20.9. The van der Waals surface area contributed by atoms with Crippen molar-refractivity contribution in [1.29, 1.82) is 0 Å². The third-order valence-corrected chi connectivity index (χ3v) is 11.0. The minimum atomic E-state index is 0.466. The molecule has 160 valence electrons. The molecule has 0 bridgehead atoms. The largest absolute Gasteiger partial charge is 0.300 e. The van der Waals surface area contributed by atoms with Gasteiger partial charge in [-0.1, -0.05) is 41.0 Å². The van der Waals surface area contributed by atoms with Crippen LogP contribution < -0.4 is 0 Å². The Labute approximate surface area is 174 Å². The monoisotopic (exact) mass is 386 g/mol. The summed E-state index contributed by atoms with van der Waals surface area (Å²) in [6.07, 6.45) is 16.1. The molecule has 1 nitrogen and oxygen atoms in total. The second-order valence-electron chi connectivity index (χ2n) is 12.2. The fraction of sp³-hybridized carbons (Fsp3) is 0.963. The summed E-state index contributed by atoms with van der Waals surface area (Å²) in [6.45, 7) is 12.4. The van der Waals surface area contributed by atoms with Crippen molar-refractivity contribution in [2.75, 3.05) is 0 Å². The van der Waals surface area contributed by atoms with Crippen molar-refractivity contribution in [2.24, 2.45) is 52.3 Å². The van der Waals surface area contributed by atoms with E-state index in [9.17, 15) is 4.79 Å². The van der Waals surface area contributed by atoms with Crippen LogP contribution in [0, 0.1) is 52.3 Å². The van der Waals surface area contributed by atoms with E-state index in [2.05, 4.69) is 27.7 Å². The maximum absolute atomic E-state index is 11.9. The number of ketones is 1. The molecule has 1 heteroatoms. The predicted octanol–water partition coefficient (Wildman–Crippen LogP) is 7.68. The van der Waals surface area contributed by atoms with Crippen LogP contribution in [-0.4, -0.2) is 5.78 Å². The van der Waals surface area contributed by atoms with Crippen molar-refractivity contribution in [2.45, 2.75) is 112 Å². The third kappa shape index (κ3) is 3.31. The molecule has 0 N–H and O–H groups in total. The van der Waals surface area contributed by atoms with Crippen LogP contribution in [-0.2, 0) is 4.79 Å². The van der Waals surface area contributed by atoms with Gasteiger partial charge in [0, 0.05) is 12.8 Å². The summed E-state index contributed by atoms with van der Waals surface area (Å²) in [5.74, 6) is 7.01. The zero-order valence-corrected chi connectivity index (χ0v) is 19.4. The lowest BCUT2D eigenvalue weighted by Gasteiger charge is -2.61. The summed E-state index contributed by atoms with van der Waals surface area (Å²) in [5, 5.41) is 0. The standard InChI is InChI=1S/C27H46O/c1-6-21(28)9-7-19(3)23-11-12-24-22-10-8-20-17-18(2)13-15-26(20,4)25(22)14-16-27(23,24)5/h18-20,22-25H,6-17H2,1-5H3/t18-,19?,20?,22?,23?,24?,25?,26-,27+/m0/s1. The summed E-state index contributed by atoms with van der Waals surface area (Å²) in [5.41, 5.74) is 1.20. The average Bonchev–Trinajstić information content (AvgIpc) is 3.03. The average molecular weight is 387 g/mol. The molecule has 0 radical (unpaired) electrons. The molecule has 4 aliphatic carbocycles. The van der Waals surface area contributed by atoms with Crippen LogP contribution in [0.15, 0.2) is 0 Å². The highest BCUT2D eigenvalue weighted by Crippen LogP contribution is 2.68. The molecule has 0 aromatic heterocycles. The Morgan fingerprint density at radius 3 is 2.43 bits per heavy atom. The van der Waals surface area contributed by atoms with Crippen molar-refractivity contribution in [3.05, 3.63) is 0 Å². The van der Waals surface area contributed by atoms with Crippen molar-refractivity contribution >= 4 is 5.78 Å². The highest BCUT2D eigenvalue weighted by atomic mass is 16.1. The molecule has 0 aliphatic heterocycles. The minimum absolute atomic E-state index is 0.466. The van der Waals surface area contributed by atoms with Crippen molar-refractivity contribution < 1.29 is 4.79 Å². The number of carbonyl (C=O) groups is 1. The molecule has 0 saturated heterocycles. The molecule has 0 heterocycles. The summed E-state index contributed by atoms with van der Waals surface area (Å²) >= 11 is 0. The van der Waals surface area contributed by atoms with E-state index in [0.29, 0.717) is 16.6 Å². The molecule has 9 atom stereocenters. The lowest BCUT2D eigenvalue weighted by atomic mass is 9.44. The van der Waals surface area contributed by atoms with Crippen LogP contribution in [0.25, 0.3) is 0 Å². The Morgan fingerprint density at radius 1 is 0.964 bits per heavy atom. The van der Waals surface area contributed by atoms with E-state index in [1.807, 2.05) is 6.92 Å². The number of carbonyl (C=O) groups excluding carboxylic acids is 1. The molecule has 4 rings (SSSR count). The lowest BCUT2D eigenvalue weighted by molar-refractivity contribution is -0.122. The van der Waals surface area contributed by atoms with Crippen LogP contribution in [0.1, 0.15) is 112 Å². The second-order valence-corrected chi connectivity index (χ2v) is 12.2. The molecule has 6 unspecified atom stereocenters. The second kappa shape index (κ2) is 7.73. The summed E-state index contributed by atoms with van der Waals surface area (Å²) in [4.78, 5) is 11.9. The van der Waals surface area contributed by atoms with Crippen LogP contribution in [0.5, 0.6) is 0 Å². The Bertz CT molecular complexity index is 581.